The molecule has 3 aromatic rings. The standard InChI is InChI=1S/C28H33NO2/c1-3-13-27(29-23(2)26-18-11-6-12-19-26)28(31-21-25-16-9-5-10-17-25)22-30-20-24-14-7-4-8-15-24/h3-12,14-19,23,27-29H,1,13,20-22H2,2H3/t23-,27+,28+/m0/s1. The minimum atomic E-state index is -0.104. The van der Waals surface area contributed by atoms with Crippen LogP contribution in [0.3, 0.4) is 0 Å². The van der Waals surface area contributed by atoms with Gasteiger partial charge in [-0.2, -0.15) is 0 Å². The molecular weight excluding hydrogens is 382 g/mol. The summed E-state index contributed by atoms with van der Waals surface area (Å²) in [4.78, 5) is 0. The molecule has 0 unspecified atom stereocenters. The van der Waals surface area contributed by atoms with Gasteiger partial charge in [-0.3, -0.25) is 0 Å². The van der Waals surface area contributed by atoms with Gasteiger partial charge in [0, 0.05) is 12.1 Å². The molecule has 0 aliphatic heterocycles. The lowest BCUT2D eigenvalue weighted by atomic mass is 10.0. The van der Waals surface area contributed by atoms with Gasteiger partial charge in [-0.15, -0.1) is 6.58 Å². The minimum Gasteiger partial charge on any atom is -0.374 e. The van der Waals surface area contributed by atoms with Crippen molar-refractivity contribution in [3.05, 3.63) is 120 Å². The first-order valence-electron chi connectivity index (χ1n) is 11.0. The largest absolute Gasteiger partial charge is 0.374 e. The molecule has 0 spiro atoms. The van der Waals surface area contributed by atoms with Crippen molar-refractivity contribution < 1.29 is 9.47 Å². The van der Waals surface area contributed by atoms with E-state index in [-0.39, 0.29) is 18.2 Å². The van der Waals surface area contributed by atoms with Crippen molar-refractivity contribution in [2.24, 2.45) is 0 Å². The van der Waals surface area contributed by atoms with Crippen LogP contribution in [0.25, 0.3) is 0 Å². The molecule has 0 aliphatic carbocycles. The van der Waals surface area contributed by atoms with Crippen LogP contribution in [0.15, 0.2) is 104 Å². The molecule has 3 heteroatoms. The number of hydrogen-bond donors (Lipinski definition) is 1. The van der Waals surface area contributed by atoms with Crippen molar-refractivity contribution in [3.8, 4) is 0 Å². The van der Waals surface area contributed by atoms with Gasteiger partial charge in [-0.05, 0) is 30.0 Å². The predicted molar refractivity (Wildman–Crippen MR) is 128 cm³/mol. The molecule has 0 radical (unpaired) electrons. The summed E-state index contributed by atoms with van der Waals surface area (Å²) in [5.74, 6) is 0. The van der Waals surface area contributed by atoms with Crippen molar-refractivity contribution in [3.63, 3.8) is 0 Å². The zero-order valence-electron chi connectivity index (χ0n) is 18.3. The van der Waals surface area contributed by atoms with E-state index >= 15 is 0 Å². The average molecular weight is 416 g/mol. The van der Waals surface area contributed by atoms with Gasteiger partial charge in [0.25, 0.3) is 0 Å². The topological polar surface area (TPSA) is 30.5 Å². The molecule has 0 heterocycles. The zero-order valence-corrected chi connectivity index (χ0v) is 18.3. The number of nitrogens with one attached hydrogen (secondary N) is 1. The summed E-state index contributed by atoms with van der Waals surface area (Å²) in [5, 5.41) is 3.74. The van der Waals surface area contributed by atoms with E-state index in [1.807, 2.05) is 48.5 Å². The molecule has 162 valence electrons. The molecule has 3 aromatic carbocycles. The molecule has 3 atom stereocenters. The van der Waals surface area contributed by atoms with E-state index in [2.05, 4.69) is 67.4 Å². The van der Waals surface area contributed by atoms with E-state index in [1.54, 1.807) is 0 Å². The van der Waals surface area contributed by atoms with E-state index < -0.39 is 0 Å². The molecule has 3 rings (SSSR count). The molecule has 0 aromatic heterocycles. The highest BCUT2D eigenvalue weighted by atomic mass is 16.5. The van der Waals surface area contributed by atoms with E-state index in [4.69, 9.17) is 9.47 Å². The summed E-state index contributed by atoms with van der Waals surface area (Å²) in [7, 11) is 0. The van der Waals surface area contributed by atoms with E-state index in [9.17, 15) is 0 Å². The monoisotopic (exact) mass is 415 g/mol. The molecule has 3 nitrogen and oxygen atoms in total. The van der Waals surface area contributed by atoms with Crippen molar-refractivity contribution in [1.82, 2.24) is 5.32 Å². The maximum absolute atomic E-state index is 6.38. The van der Waals surface area contributed by atoms with Crippen LogP contribution in [-0.2, 0) is 22.7 Å². The highest BCUT2D eigenvalue weighted by Crippen LogP contribution is 2.17. The van der Waals surface area contributed by atoms with Crippen LogP contribution in [0.5, 0.6) is 0 Å². The van der Waals surface area contributed by atoms with Gasteiger partial charge in [0.05, 0.1) is 25.9 Å². The van der Waals surface area contributed by atoms with Gasteiger partial charge in [-0.25, -0.2) is 0 Å². The maximum atomic E-state index is 6.38. The summed E-state index contributed by atoms with van der Waals surface area (Å²) in [6, 6.07) is 31.3. The van der Waals surface area contributed by atoms with Crippen molar-refractivity contribution >= 4 is 0 Å². The molecule has 0 amide bonds. The van der Waals surface area contributed by atoms with Crippen molar-refractivity contribution in [2.45, 2.75) is 44.7 Å². The summed E-state index contributed by atoms with van der Waals surface area (Å²) in [5.41, 5.74) is 3.57. The SMILES string of the molecule is C=CC[C@@H](N[C@@H](C)c1ccccc1)[C@@H](COCc1ccccc1)OCc1ccccc1. The first-order chi connectivity index (χ1) is 15.3. The van der Waals surface area contributed by atoms with Crippen LogP contribution in [0, 0.1) is 0 Å². The third kappa shape index (κ3) is 7.80. The highest BCUT2D eigenvalue weighted by molar-refractivity contribution is 5.18. The van der Waals surface area contributed by atoms with Crippen molar-refractivity contribution in [2.75, 3.05) is 6.61 Å². The second-order valence-corrected chi connectivity index (χ2v) is 7.77. The lowest BCUT2D eigenvalue weighted by Gasteiger charge is -2.30. The summed E-state index contributed by atoms with van der Waals surface area (Å²) >= 11 is 0. The normalized spacial score (nSPS) is 14.0. The van der Waals surface area contributed by atoms with Crippen LogP contribution < -0.4 is 5.32 Å². The van der Waals surface area contributed by atoms with Gasteiger partial charge in [0.15, 0.2) is 0 Å². The van der Waals surface area contributed by atoms with Crippen LogP contribution in [0.2, 0.25) is 0 Å². The van der Waals surface area contributed by atoms with Gasteiger partial charge >= 0.3 is 0 Å². The lowest BCUT2D eigenvalue weighted by molar-refractivity contribution is -0.0485. The van der Waals surface area contributed by atoms with Crippen LogP contribution in [-0.4, -0.2) is 18.8 Å². The zero-order chi connectivity index (χ0) is 21.7. The molecule has 31 heavy (non-hydrogen) atoms. The fourth-order valence-corrected chi connectivity index (χ4v) is 3.59. The summed E-state index contributed by atoms with van der Waals surface area (Å²) < 4.78 is 12.5. The smallest absolute Gasteiger partial charge is 0.0968 e. The quantitative estimate of drug-likeness (QED) is 0.343. The second-order valence-electron chi connectivity index (χ2n) is 7.77. The minimum absolute atomic E-state index is 0.0900. The van der Waals surface area contributed by atoms with Crippen LogP contribution in [0.4, 0.5) is 0 Å². The third-order valence-electron chi connectivity index (χ3n) is 5.33. The van der Waals surface area contributed by atoms with E-state index in [0.29, 0.717) is 19.8 Å². The molecule has 1 N–H and O–H groups in total. The third-order valence-corrected chi connectivity index (χ3v) is 5.33. The lowest BCUT2D eigenvalue weighted by Crippen LogP contribution is -2.44. The number of rotatable bonds is 13. The Morgan fingerprint density at radius 3 is 1.94 bits per heavy atom. The maximum Gasteiger partial charge on any atom is 0.0968 e. The fraction of sp³-hybridized carbons (Fsp3) is 0.286. The summed E-state index contributed by atoms with van der Waals surface area (Å²) in [6.07, 6.45) is 2.64. The Bertz CT molecular complexity index is 867. The van der Waals surface area contributed by atoms with E-state index in [0.717, 1.165) is 17.5 Å². The Morgan fingerprint density at radius 2 is 1.35 bits per heavy atom. The van der Waals surface area contributed by atoms with Gasteiger partial charge in [0.1, 0.15) is 0 Å². The Kier molecular flexibility index (Phi) is 9.52. The van der Waals surface area contributed by atoms with Gasteiger partial charge in [-0.1, -0.05) is 97.1 Å². The Balaban J connectivity index is 1.67. The van der Waals surface area contributed by atoms with Crippen LogP contribution in [0.1, 0.15) is 36.1 Å². The number of benzene rings is 3. The molecule has 0 aliphatic rings. The number of hydrogen-bond acceptors (Lipinski definition) is 3. The van der Waals surface area contributed by atoms with Gasteiger partial charge < -0.3 is 14.8 Å². The van der Waals surface area contributed by atoms with E-state index in [1.165, 1.54) is 5.56 Å². The van der Waals surface area contributed by atoms with Crippen LogP contribution >= 0.6 is 0 Å². The number of ether oxygens (including phenoxy) is 2. The Labute approximate surface area is 186 Å². The fourth-order valence-electron chi connectivity index (χ4n) is 3.59. The summed E-state index contributed by atoms with van der Waals surface area (Å²) in [6.45, 7) is 7.79. The Morgan fingerprint density at radius 1 is 0.806 bits per heavy atom. The highest BCUT2D eigenvalue weighted by Gasteiger charge is 2.24. The molecule has 0 saturated heterocycles. The second kappa shape index (κ2) is 12.9. The Hall–Kier alpha value is -2.72. The molecule has 0 saturated carbocycles. The average Bonchev–Trinajstić information content (AvgIpc) is 2.83. The predicted octanol–water partition coefficient (Wildman–Crippen LogP) is 6.08. The van der Waals surface area contributed by atoms with Gasteiger partial charge in [0.2, 0.25) is 0 Å². The first-order valence-corrected chi connectivity index (χ1v) is 11.0. The first kappa shape index (κ1) is 23.0. The molecule has 0 bridgehead atoms. The van der Waals surface area contributed by atoms with Crippen molar-refractivity contribution in [1.29, 1.82) is 0 Å². The molecule has 0 fully saturated rings. The molecular formula is C28H33NO2.